The number of rotatable bonds is 8. The summed E-state index contributed by atoms with van der Waals surface area (Å²) in [7, 11) is 0. The van der Waals surface area contributed by atoms with Gasteiger partial charge in [-0.25, -0.2) is 0 Å². The summed E-state index contributed by atoms with van der Waals surface area (Å²) in [4.78, 5) is 0. The molecular weight excluding hydrogens is 204 g/mol. The van der Waals surface area contributed by atoms with E-state index < -0.39 is 0 Å². The van der Waals surface area contributed by atoms with E-state index in [2.05, 4.69) is 20.8 Å². The molecule has 1 fully saturated rings. The molecule has 0 aromatic heterocycles. The van der Waals surface area contributed by atoms with E-state index in [0.29, 0.717) is 0 Å². The molecule has 0 saturated heterocycles. The lowest BCUT2D eigenvalue weighted by Crippen LogP contribution is -2.23. The average molecular weight is 238 g/mol. The first-order valence-corrected chi connectivity index (χ1v) is 8.30. The van der Waals surface area contributed by atoms with Crippen molar-refractivity contribution >= 4 is 0 Å². The highest BCUT2D eigenvalue weighted by Crippen LogP contribution is 2.40. The molecule has 0 bridgehead atoms. The Bertz CT molecular complexity index is 157. The van der Waals surface area contributed by atoms with Crippen molar-refractivity contribution in [1.82, 2.24) is 0 Å². The van der Waals surface area contributed by atoms with E-state index >= 15 is 0 Å². The first-order chi connectivity index (χ1) is 8.30. The van der Waals surface area contributed by atoms with Crippen molar-refractivity contribution in [3.05, 3.63) is 0 Å². The van der Waals surface area contributed by atoms with Crippen LogP contribution in [0.4, 0.5) is 0 Å². The fourth-order valence-corrected chi connectivity index (χ4v) is 3.80. The van der Waals surface area contributed by atoms with Crippen molar-refractivity contribution in [1.29, 1.82) is 0 Å². The Labute approximate surface area is 110 Å². The predicted octanol–water partition coefficient (Wildman–Crippen LogP) is 6.20. The normalized spacial score (nSPS) is 29.5. The minimum Gasteiger partial charge on any atom is -0.0654 e. The summed E-state index contributed by atoms with van der Waals surface area (Å²) in [6.07, 6.45) is 16.3. The van der Waals surface area contributed by atoms with Crippen molar-refractivity contribution in [2.24, 2.45) is 17.8 Å². The third kappa shape index (κ3) is 5.93. The summed E-state index contributed by atoms with van der Waals surface area (Å²) < 4.78 is 0. The summed E-state index contributed by atoms with van der Waals surface area (Å²) in [6.45, 7) is 7.03. The molecule has 0 amide bonds. The zero-order valence-electron chi connectivity index (χ0n) is 12.5. The molecule has 0 aliphatic heterocycles. The van der Waals surface area contributed by atoms with Crippen LogP contribution in [0.1, 0.15) is 91.4 Å². The van der Waals surface area contributed by atoms with Gasteiger partial charge in [-0.2, -0.15) is 0 Å². The second-order valence-corrected chi connectivity index (χ2v) is 6.38. The third-order valence-electron chi connectivity index (χ3n) is 4.63. The van der Waals surface area contributed by atoms with Gasteiger partial charge in [0, 0.05) is 0 Å². The Morgan fingerprint density at radius 2 is 1.00 bits per heavy atom. The first kappa shape index (κ1) is 15.1. The summed E-state index contributed by atoms with van der Waals surface area (Å²) >= 11 is 0. The van der Waals surface area contributed by atoms with E-state index in [9.17, 15) is 0 Å². The molecule has 1 saturated carbocycles. The molecule has 0 aromatic carbocycles. The Morgan fingerprint density at radius 3 is 1.35 bits per heavy atom. The van der Waals surface area contributed by atoms with E-state index in [-0.39, 0.29) is 0 Å². The number of unbranched alkanes of at least 4 members (excludes halogenated alkanes) is 2. The van der Waals surface area contributed by atoms with Crippen LogP contribution in [0.25, 0.3) is 0 Å². The van der Waals surface area contributed by atoms with Crippen molar-refractivity contribution in [2.75, 3.05) is 0 Å². The van der Waals surface area contributed by atoms with E-state index in [4.69, 9.17) is 0 Å². The van der Waals surface area contributed by atoms with Crippen molar-refractivity contribution in [3.8, 4) is 0 Å². The van der Waals surface area contributed by atoms with Gasteiger partial charge in [0.2, 0.25) is 0 Å². The lowest BCUT2D eigenvalue weighted by molar-refractivity contribution is 0.167. The molecule has 1 rings (SSSR count). The van der Waals surface area contributed by atoms with Crippen molar-refractivity contribution in [3.63, 3.8) is 0 Å². The molecule has 102 valence electrons. The standard InChI is InChI=1S/C17H34/c1-4-7-10-16-12-15(9-6-3)13-17(14-16)11-8-5-2/h15-17H,4-14H2,1-3H3. The molecule has 2 atom stereocenters. The molecule has 1 aliphatic rings. The summed E-state index contributed by atoms with van der Waals surface area (Å²) in [6, 6.07) is 0. The fourth-order valence-electron chi connectivity index (χ4n) is 3.80. The maximum absolute atomic E-state index is 2.36. The first-order valence-electron chi connectivity index (χ1n) is 8.30. The number of hydrogen-bond donors (Lipinski definition) is 0. The summed E-state index contributed by atoms with van der Waals surface area (Å²) in [5.74, 6) is 3.21. The second kappa shape index (κ2) is 9.00. The Kier molecular flexibility index (Phi) is 7.97. The monoisotopic (exact) mass is 238 g/mol. The largest absolute Gasteiger partial charge is 0.0654 e. The van der Waals surface area contributed by atoms with E-state index in [0.717, 1.165) is 17.8 Å². The van der Waals surface area contributed by atoms with Crippen LogP contribution in [-0.4, -0.2) is 0 Å². The van der Waals surface area contributed by atoms with Gasteiger partial charge in [0.05, 0.1) is 0 Å². The van der Waals surface area contributed by atoms with Crippen LogP contribution in [-0.2, 0) is 0 Å². The summed E-state index contributed by atoms with van der Waals surface area (Å²) in [5, 5.41) is 0. The predicted molar refractivity (Wildman–Crippen MR) is 78.3 cm³/mol. The topological polar surface area (TPSA) is 0 Å². The highest BCUT2D eigenvalue weighted by Gasteiger charge is 2.27. The molecule has 0 radical (unpaired) electrons. The molecule has 0 spiro atoms. The van der Waals surface area contributed by atoms with Gasteiger partial charge < -0.3 is 0 Å². The van der Waals surface area contributed by atoms with Crippen LogP contribution in [0.5, 0.6) is 0 Å². The molecule has 2 unspecified atom stereocenters. The van der Waals surface area contributed by atoms with Gasteiger partial charge in [0.1, 0.15) is 0 Å². The van der Waals surface area contributed by atoms with E-state index in [1.165, 1.54) is 51.4 Å². The van der Waals surface area contributed by atoms with Crippen molar-refractivity contribution in [2.45, 2.75) is 91.4 Å². The molecule has 0 heterocycles. The van der Waals surface area contributed by atoms with Crippen LogP contribution in [0.2, 0.25) is 0 Å². The molecular formula is C17H34. The maximum atomic E-state index is 2.36. The van der Waals surface area contributed by atoms with Crippen LogP contribution < -0.4 is 0 Å². The van der Waals surface area contributed by atoms with Gasteiger partial charge in [0.25, 0.3) is 0 Å². The van der Waals surface area contributed by atoms with Crippen LogP contribution in [0, 0.1) is 17.8 Å². The van der Waals surface area contributed by atoms with Crippen molar-refractivity contribution < 1.29 is 0 Å². The lowest BCUT2D eigenvalue weighted by atomic mass is 9.71. The van der Waals surface area contributed by atoms with Gasteiger partial charge in [-0.05, 0) is 37.0 Å². The molecule has 0 nitrogen and oxygen atoms in total. The maximum Gasteiger partial charge on any atom is -0.0409 e. The van der Waals surface area contributed by atoms with Crippen LogP contribution in [0.3, 0.4) is 0 Å². The highest BCUT2D eigenvalue weighted by atomic mass is 14.3. The van der Waals surface area contributed by atoms with Gasteiger partial charge in [-0.15, -0.1) is 0 Å². The smallest absolute Gasteiger partial charge is 0.0409 e. The zero-order chi connectivity index (χ0) is 12.5. The Hall–Kier alpha value is 0. The zero-order valence-corrected chi connectivity index (χ0v) is 12.5. The molecule has 0 N–H and O–H groups in total. The Balaban J connectivity index is 2.37. The molecule has 0 aromatic rings. The van der Waals surface area contributed by atoms with Gasteiger partial charge in [-0.3, -0.25) is 0 Å². The SMILES string of the molecule is CCCCC1CC(CCC)CC(CCCC)C1. The molecule has 1 aliphatic carbocycles. The molecule has 17 heavy (non-hydrogen) atoms. The van der Waals surface area contributed by atoms with Crippen LogP contribution in [0.15, 0.2) is 0 Å². The fraction of sp³-hybridized carbons (Fsp3) is 1.00. The Morgan fingerprint density at radius 1 is 0.588 bits per heavy atom. The minimum absolute atomic E-state index is 1.07. The van der Waals surface area contributed by atoms with E-state index in [1.54, 1.807) is 19.3 Å². The second-order valence-electron chi connectivity index (χ2n) is 6.38. The third-order valence-corrected chi connectivity index (χ3v) is 4.63. The van der Waals surface area contributed by atoms with Gasteiger partial charge in [-0.1, -0.05) is 72.1 Å². The quantitative estimate of drug-likeness (QED) is 0.472. The lowest BCUT2D eigenvalue weighted by Gasteiger charge is -2.35. The van der Waals surface area contributed by atoms with Gasteiger partial charge in [0.15, 0.2) is 0 Å². The van der Waals surface area contributed by atoms with E-state index in [1.807, 2.05) is 0 Å². The highest BCUT2D eigenvalue weighted by molar-refractivity contribution is 4.79. The summed E-state index contributed by atoms with van der Waals surface area (Å²) in [5.41, 5.74) is 0. The minimum atomic E-state index is 1.07. The van der Waals surface area contributed by atoms with Crippen LogP contribution >= 0.6 is 0 Å². The number of hydrogen-bond acceptors (Lipinski definition) is 0. The average Bonchev–Trinajstić information content (AvgIpc) is 2.34. The molecule has 0 heteroatoms. The van der Waals surface area contributed by atoms with Gasteiger partial charge >= 0.3 is 0 Å².